The van der Waals surface area contributed by atoms with Crippen molar-refractivity contribution in [1.82, 2.24) is 30.4 Å². The van der Waals surface area contributed by atoms with Crippen molar-refractivity contribution in [1.29, 1.82) is 0 Å². The van der Waals surface area contributed by atoms with Gasteiger partial charge in [-0.15, -0.1) is 13.2 Å². The first kappa shape index (κ1) is 35.5. The Hall–Kier alpha value is -5.52. The molecule has 2 aromatic carbocycles. The summed E-state index contributed by atoms with van der Waals surface area (Å²) in [5, 5.41) is 30.8. The first-order chi connectivity index (χ1) is 25.7. The second-order valence-corrected chi connectivity index (χ2v) is 16.5. The number of aromatic amines is 2. The van der Waals surface area contributed by atoms with Crippen LogP contribution in [0.15, 0.2) is 49.6 Å². The SMILES string of the molecule is C=CC(C)(C)c1[nH]c2c(-c3c(O)ccc4c(C[C@@H]5NC(=O)[C@@H]6CCCN6C5=O)c(C(C)(C)C=C)[nH]c34)c(O)ccc2c1C[C@@H]1NC(=O)[C@@H]2CCCN2C1=O. The molecular formula is C42H48N6O6. The number of carbonyl (C=O) groups excluding carboxylic acids is 4. The van der Waals surface area contributed by atoms with E-state index < -0.39 is 35.0 Å². The van der Waals surface area contributed by atoms with Crippen LogP contribution in [0.2, 0.25) is 0 Å². The maximum atomic E-state index is 13.7. The van der Waals surface area contributed by atoms with E-state index in [0.29, 0.717) is 48.1 Å². The zero-order chi connectivity index (χ0) is 38.4. The zero-order valence-electron chi connectivity index (χ0n) is 31.3. The van der Waals surface area contributed by atoms with Crippen LogP contribution >= 0.6 is 0 Å². The number of piperazine rings is 2. The van der Waals surface area contributed by atoms with Crippen LogP contribution in [0.25, 0.3) is 32.9 Å². The summed E-state index contributed by atoms with van der Waals surface area (Å²) < 4.78 is 0. The summed E-state index contributed by atoms with van der Waals surface area (Å²) in [7, 11) is 0. The second kappa shape index (κ2) is 12.5. The highest BCUT2D eigenvalue weighted by molar-refractivity contribution is 6.10. The number of aromatic nitrogens is 2. The van der Waals surface area contributed by atoms with E-state index in [4.69, 9.17) is 0 Å². The van der Waals surface area contributed by atoms with Crippen molar-refractivity contribution < 1.29 is 29.4 Å². The highest BCUT2D eigenvalue weighted by Crippen LogP contribution is 2.48. The standard InChI is InChI=1S/C42H48N6O6/c1-7-41(3,4)35-23(19-25-39(53)47-17-9-11-27(47)37(51)43-25)21-13-15-29(49)31(33(21)45-35)32-30(50)16-14-22-24(36(46-34(22)32)42(5,6)8-2)20-26-40(54)48-18-10-12-28(48)38(52)44-26/h7-8,13-16,25-28,45-46,49-50H,1-2,9-12,17-20H2,3-6H3,(H,43,51)(H,44,52)/t25-,26-,27-,28-/m0/s1. The number of H-pyrrole nitrogens is 2. The van der Waals surface area contributed by atoms with E-state index in [1.165, 1.54) is 0 Å². The molecule has 0 radical (unpaired) electrons. The van der Waals surface area contributed by atoms with Crippen LogP contribution in [0, 0.1) is 0 Å². The monoisotopic (exact) mass is 732 g/mol. The lowest BCUT2D eigenvalue weighted by molar-refractivity contribution is -0.147. The molecule has 6 N–H and O–H groups in total. The van der Waals surface area contributed by atoms with E-state index in [1.54, 1.807) is 34.1 Å². The minimum Gasteiger partial charge on any atom is -0.507 e. The van der Waals surface area contributed by atoms with E-state index in [2.05, 4.69) is 33.8 Å². The molecule has 0 saturated carbocycles. The molecule has 0 spiro atoms. The predicted octanol–water partition coefficient (Wildman–Crippen LogP) is 4.72. The summed E-state index contributed by atoms with van der Waals surface area (Å²) in [5.41, 5.74) is 3.69. The van der Waals surface area contributed by atoms with Crippen LogP contribution in [0.3, 0.4) is 0 Å². The lowest BCUT2D eigenvalue weighted by atomic mass is 9.84. The molecule has 4 atom stereocenters. The average Bonchev–Trinajstić information content (AvgIpc) is 3.96. The number of rotatable bonds is 9. The zero-order valence-corrected chi connectivity index (χ0v) is 31.3. The minimum absolute atomic E-state index is 0.0847. The second-order valence-electron chi connectivity index (χ2n) is 16.5. The van der Waals surface area contributed by atoms with Gasteiger partial charge in [-0.25, -0.2) is 0 Å². The quantitative estimate of drug-likeness (QED) is 0.136. The first-order valence-corrected chi connectivity index (χ1v) is 18.9. The molecule has 54 heavy (non-hydrogen) atoms. The van der Waals surface area contributed by atoms with Crippen LogP contribution < -0.4 is 10.6 Å². The summed E-state index contributed by atoms with van der Waals surface area (Å²) in [6, 6.07) is 4.35. The third-order valence-corrected chi connectivity index (χ3v) is 12.4. The van der Waals surface area contributed by atoms with Gasteiger partial charge in [-0.1, -0.05) is 39.8 Å². The Labute approximate surface area is 313 Å². The molecule has 4 aromatic rings. The summed E-state index contributed by atoms with van der Waals surface area (Å²) >= 11 is 0. The van der Waals surface area contributed by atoms with Crippen LogP contribution in [0.4, 0.5) is 0 Å². The van der Waals surface area contributed by atoms with Crippen LogP contribution in [0.5, 0.6) is 11.5 Å². The van der Waals surface area contributed by atoms with Gasteiger partial charge in [0.25, 0.3) is 0 Å². The molecule has 4 fully saturated rings. The number of nitrogens with one attached hydrogen (secondary N) is 4. The Morgan fingerprint density at radius 3 is 1.44 bits per heavy atom. The molecule has 0 aliphatic carbocycles. The van der Waals surface area contributed by atoms with Crippen LogP contribution in [-0.4, -0.2) is 90.9 Å². The van der Waals surface area contributed by atoms with Crippen molar-refractivity contribution >= 4 is 45.4 Å². The van der Waals surface area contributed by atoms with Crippen molar-refractivity contribution in [3.8, 4) is 22.6 Å². The summed E-state index contributed by atoms with van der Waals surface area (Å²) in [6.45, 7) is 17.3. The van der Waals surface area contributed by atoms with Crippen molar-refractivity contribution in [3.05, 3.63) is 72.1 Å². The van der Waals surface area contributed by atoms with E-state index in [1.807, 2.05) is 39.8 Å². The van der Waals surface area contributed by atoms with Gasteiger partial charge in [-0.2, -0.15) is 0 Å². The van der Waals surface area contributed by atoms with Gasteiger partial charge in [-0.05, 0) is 61.1 Å². The molecule has 0 bridgehead atoms. The third-order valence-electron chi connectivity index (χ3n) is 12.4. The fourth-order valence-electron chi connectivity index (χ4n) is 9.20. The molecule has 6 heterocycles. The van der Waals surface area contributed by atoms with Gasteiger partial charge in [-0.3, -0.25) is 19.2 Å². The summed E-state index contributed by atoms with van der Waals surface area (Å²) in [5.74, 6) is -0.686. The Morgan fingerprint density at radius 2 is 1.07 bits per heavy atom. The predicted molar refractivity (Wildman–Crippen MR) is 206 cm³/mol. The van der Waals surface area contributed by atoms with Crippen LogP contribution in [0.1, 0.15) is 75.9 Å². The lowest BCUT2D eigenvalue weighted by Gasteiger charge is -2.35. The number of phenols is 2. The Bertz CT molecular complexity index is 2140. The largest absolute Gasteiger partial charge is 0.507 e. The van der Waals surface area contributed by atoms with Gasteiger partial charge in [0.05, 0.1) is 22.2 Å². The molecule has 8 rings (SSSR count). The van der Waals surface area contributed by atoms with E-state index in [0.717, 1.165) is 46.1 Å². The number of hydrogen-bond acceptors (Lipinski definition) is 6. The number of benzene rings is 2. The van der Waals surface area contributed by atoms with Gasteiger partial charge < -0.3 is 40.6 Å². The number of allylic oxidation sites excluding steroid dienone is 2. The first-order valence-electron chi connectivity index (χ1n) is 18.9. The third kappa shape index (κ3) is 5.32. The minimum atomic E-state index is -0.771. The number of carbonyl (C=O) groups is 4. The number of fused-ring (bicyclic) bond motifs is 4. The molecule has 4 saturated heterocycles. The summed E-state index contributed by atoms with van der Waals surface area (Å²) in [4.78, 5) is 64.1. The topological polar surface area (TPSA) is 171 Å². The fraction of sp³-hybridized carbons (Fsp3) is 0.429. The van der Waals surface area contributed by atoms with Gasteiger partial charge in [0.2, 0.25) is 23.6 Å². The number of amides is 4. The average molecular weight is 733 g/mol. The van der Waals surface area contributed by atoms with Gasteiger partial charge in [0.1, 0.15) is 35.7 Å². The van der Waals surface area contributed by atoms with Crippen molar-refractivity contribution in [2.75, 3.05) is 13.1 Å². The fourth-order valence-corrected chi connectivity index (χ4v) is 9.20. The number of aromatic hydroxyl groups is 2. The normalized spacial score (nSPS) is 23.2. The van der Waals surface area contributed by atoms with Crippen molar-refractivity contribution in [2.24, 2.45) is 0 Å². The molecular weight excluding hydrogens is 684 g/mol. The van der Waals surface area contributed by atoms with Crippen LogP contribution in [-0.2, 0) is 42.8 Å². The molecule has 282 valence electrons. The van der Waals surface area contributed by atoms with E-state index in [-0.39, 0.29) is 48.0 Å². The lowest BCUT2D eigenvalue weighted by Crippen LogP contribution is -2.61. The Kier molecular flexibility index (Phi) is 8.24. The Balaban J connectivity index is 1.30. The van der Waals surface area contributed by atoms with Gasteiger partial charge in [0.15, 0.2) is 0 Å². The van der Waals surface area contributed by atoms with Crippen molar-refractivity contribution in [2.45, 2.75) is 101 Å². The molecule has 12 nitrogen and oxygen atoms in total. The van der Waals surface area contributed by atoms with E-state index in [9.17, 15) is 29.4 Å². The van der Waals surface area contributed by atoms with E-state index >= 15 is 0 Å². The smallest absolute Gasteiger partial charge is 0.246 e. The van der Waals surface area contributed by atoms with Gasteiger partial charge in [0, 0.05) is 58.9 Å². The number of phenolic OH excluding ortho intramolecular Hbond substituents is 2. The maximum absolute atomic E-state index is 13.7. The highest BCUT2D eigenvalue weighted by Gasteiger charge is 2.45. The Morgan fingerprint density at radius 1 is 0.685 bits per heavy atom. The molecule has 4 aliphatic heterocycles. The molecule has 0 unspecified atom stereocenters. The van der Waals surface area contributed by atoms with Crippen molar-refractivity contribution in [3.63, 3.8) is 0 Å². The molecule has 4 aliphatic rings. The number of nitrogens with zero attached hydrogens (tertiary/aromatic N) is 2. The molecule has 12 heteroatoms. The molecule has 2 aromatic heterocycles. The molecule has 4 amide bonds. The summed E-state index contributed by atoms with van der Waals surface area (Å²) in [6.07, 6.45) is 6.93. The maximum Gasteiger partial charge on any atom is 0.246 e. The number of hydrogen-bond donors (Lipinski definition) is 6. The van der Waals surface area contributed by atoms with Gasteiger partial charge >= 0.3 is 0 Å². The highest BCUT2D eigenvalue weighted by atomic mass is 16.3.